The van der Waals surface area contributed by atoms with Crippen molar-refractivity contribution in [3.8, 4) is 0 Å². The van der Waals surface area contributed by atoms with E-state index >= 15 is 0 Å². The van der Waals surface area contributed by atoms with Crippen LogP contribution in [0.2, 0.25) is 0 Å². The summed E-state index contributed by atoms with van der Waals surface area (Å²) in [5.74, 6) is -0.000556. The van der Waals surface area contributed by atoms with Gasteiger partial charge < -0.3 is 5.11 Å². The van der Waals surface area contributed by atoms with E-state index in [0.717, 1.165) is 32.1 Å². The lowest BCUT2D eigenvalue weighted by molar-refractivity contribution is -0.122. The summed E-state index contributed by atoms with van der Waals surface area (Å²) >= 11 is 0. The Bertz CT molecular complexity index is 232. The van der Waals surface area contributed by atoms with Crippen molar-refractivity contribution < 1.29 is 9.90 Å². The molecule has 12 heavy (non-hydrogen) atoms. The first-order valence-electron chi connectivity index (χ1n) is 4.68. The normalized spacial score (nSPS) is 41.1. The van der Waals surface area contributed by atoms with Crippen LogP contribution < -0.4 is 0 Å². The first-order chi connectivity index (χ1) is 5.72. The third-order valence-electron chi connectivity index (χ3n) is 3.05. The van der Waals surface area contributed by atoms with Gasteiger partial charge in [-0.3, -0.25) is 4.79 Å². The van der Waals surface area contributed by atoms with Gasteiger partial charge in [-0.15, -0.1) is 0 Å². The fourth-order valence-corrected chi connectivity index (χ4v) is 2.29. The van der Waals surface area contributed by atoms with Crippen LogP contribution in [0.3, 0.4) is 0 Å². The molecule has 0 aromatic carbocycles. The molecule has 2 rings (SSSR count). The highest BCUT2D eigenvalue weighted by atomic mass is 16.3. The van der Waals surface area contributed by atoms with Gasteiger partial charge in [-0.25, -0.2) is 0 Å². The van der Waals surface area contributed by atoms with E-state index in [1.54, 1.807) is 12.2 Å². The summed E-state index contributed by atoms with van der Waals surface area (Å²) in [6, 6.07) is 0. The molecule has 2 aliphatic carbocycles. The van der Waals surface area contributed by atoms with E-state index in [-0.39, 0.29) is 11.7 Å². The third kappa shape index (κ3) is 1.11. The molecule has 0 aromatic heterocycles. The summed E-state index contributed by atoms with van der Waals surface area (Å²) in [6.45, 7) is 0. The average molecular weight is 166 g/mol. The van der Waals surface area contributed by atoms with Gasteiger partial charge in [-0.2, -0.15) is 0 Å². The van der Waals surface area contributed by atoms with Crippen LogP contribution in [0.1, 0.15) is 32.1 Å². The quantitative estimate of drug-likeness (QED) is 0.591. The minimum atomic E-state index is -0.784. The minimum absolute atomic E-state index is 0.124. The van der Waals surface area contributed by atoms with Gasteiger partial charge in [0.25, 0.3) is 0 Å². The number of allylic oxidation sites excluding steroid dienone is 1. The molecule has 0 heterocycles. The fraction of sp³-hybridized carbons (Fsp3) is 0.700. The van der Waals surface area contributed by atoms with Crippen molar-refractivity contribution in [1.29, 1.82) is 0 Å². The lowest BCUT2D eigenvalue weighted by Crippen LogP contribution is -2.34. The molecule has 1 fully saturated rings. The Balaban J connectivity index is 2.24. The number of fused-ring (bicyclic) bond motifs is 1. The molecule has 0 bridgehead atoms. The smallest absolute Gasteiger partial charge is 0.161 e. The number of hydrogen-bond donors (Lipinski definition) is 1. The fourth-order valence-electron chi connectivity index (χ4n) is 2.29. The zero-order valence-electron chi connectivity index (χ0n) is 7.12. The molecule has 2 heteroatoms. The van der Waals surface area contributed by atoms with Gasteiger partial charge >= 0.3 is 0 Å². The maximum Gasteiger partial charge on any atom is 0.161 e. The highest BCUT2D eigenvalue weighted by molar-refractivity contribution is 5.95. The van der Waals surface area contributed by atoms with E-state index in [2.05, 4.69) is 0 Å². The van der Waals surface area contributed by atoms with Crippen LogP contribution in [-0.4, -0.2) is 16.5 Å². The van der Waals surface area contributed by atoms with Gasteiger partial charge in [-0.05, 0) is 25.0 Å². The molecule has 66 valence electrons. The molecule has 1 N–H and O–H groups in total. The van der Waals surface area contributed by atoms with E-state index in [4.69, 9.17) is 0 Å². The van der Waals surface area contributed by atoms with Gasteiger partial charge in [-0.1, -0.05) is 19.3 Å². The Morgan fingerprint density at radius 2 is 2.25 bits per heavy atom. The van der Waals surface area contributed by atoms with E-state index in [1.165, 1.54) is 0 Å². The van der Waals surface area contributed by atoms with Crippen LogP contribution in [0.25, 0.3) is 0 Å². The predicted molar refractivity (Wildman–Crippen MR) is 45.7 cm³/mol. The van der Waals surface area contributed by atoms with Gasteiger partial charge in [0.15, 0.2) is 5.78 Å². The molecule has 0 aromatic rings. The highest BCUT2D eigenvalue weighted by Crippen LogP contribution is 2.37. The SMILES string of the molecule is O=C1C=C[C@@]2(O)CCCCC[C@@H]12. The standard InChI is InChI=1S/C10H14O2/c11-9-5-7-10(12)6-3-1-2-4-8(9)10/h5,7-8,12H,1-4,6H2/t8-,10-/m0/s1. The predicted octanol–water partition coefficient (Wildman–Crippen LogP) is 1.44. The molecule has 2 nitrogen and oxygen atoms in total. The minimum Gasteiger partial charge on any atom is -0.385 e. The second-order valence-corrected chi connectivity index (χ2v) is 3.88. The van der Waals surface area contributed by atoms with Crippen molar-refractivity contribution in [2.45, 2.75) is 37.7 Å². The van der Waals surface area contributed by atoms with Gasteiger partial charge in [0.05, 0.1) is 11.5 Å². The Morgan fingerprint density at radius 1 is 1.42 bits per heavy atom. The van der Waals surface area contributed by atoms with Crippen LogP contribution in [0, 0.1) is 5.92 Å². The highest BCUT2D eigenvalue weighted by Gasteiger charge is 2.42. The van der Waals surface area contributed by atoms with Crippen molar-refractivity contribution in [3.63, 3.8) is 0 Å². The van der Waals surface area contributed by atoms with Gasteiger partial charge in [0.1, 0.15) is 0 Å². The zero-order valence-corrected chi connectivity index (χ0v) is 7.12. The average Bonchev–Trinajstić information content (AvgIpc) is 2.24. The summed E-state index contributed by atoms with van der Waals surface area (Å²) in [6.07, 6.45) is 8.16. The zero-order chi connectivity index (χ0) is 8.60. The van der Waals surface area contributed by atoms with Crippen molar-refractivity contribution in [2.24, 2.45) is 5.92 Å². The molecule has 0 spiro atoms. The summed E-state index contributed by atoms with van der Waals surface area (Å²) < 4.78 is 0. The van der Waals surface area contributed by atoms with E-state index in [1.807, 2.05) is 0 Å². The lowest BCUT2D eigenvalue weighted by atomic mass is 9.86. The van der Waals surface area contributed by atoms with Crippen LogP contribution in [-0.2, 0) is 4.79 Å². The lowest BCUT2D eigenvalue weighted by Gasteiger charge is -2.25. The molecule has 0 amide bonds. The number of ketones is 1. The second kappa shape index (κ2) is 2.70. The summed E-state index contributed by atoms with van der Waals surface area (Å²) in [5, 5.41) is 10.1. The molecule has 0 saturated heterocycles. The Morgan fingerprint density at radius 3 is 3.08 bits per heavy atom. The summed E-state index contributed by atoms with van der Waals surface area (Å²) in [4.78, 5) is 11.3. The largest absolute Gasteiger partial charge is 0.385 e. The van der Waals surface area contributed by atoms with Crippen molar-refractivity contribution in [1.82, 2.24) is 0 Å². The Hall–Kier alpha value is -0.630. The van der Waals surface area contributed by atoms with Gasteiger partial charge in [0.2, 0.25) is 0 Å². The first kappa shape index (κ1) is 7.99. The second-order valence-electron chi connectivity index (χ2n) is 3.88. The molecule has 0 radical (unpaired) electrons. The third-order valence-corrected chi connectivity index (χ3v) is 3.05. The topological polar surface area (TPSA) is 37.3 Å². The maximum atomic E-state index is 11.3. The molecule has 1 saturated carbocycles. The molecule has 2 atom stereocenters. The molecule has 2 aliphatic rings. The molecular weight excluding hydrogens is 152 g/mol. The number of carbonyl (C=O) groups excluding carboxylic acids is 1. The van der Waals surface area contributed by atoms with Crippen molar-refractivity contribution in [3.05, 3.63) is 12.2 Å². The maximum absolute atomic E-state index is 11.3. The van der Waals surface area contributed by atoms with Crippen LogP contribution in [0.5, 0.6) is 0 Å². The van der Waals surface area contributed by atoms with Crippen LogP contribution >= 0.6 is 0 Å². The number of hydrogen-bond acceptors (Lipinski definition) is 2. The Labute approximate surface area is 72.3 Å². The Kier molecular flexibility index (Phi) is 1.80. The summed E-state index contributed by atoms with van der Waals surface area (Å²) in [5.41, 5.74) is -0.784. The number of rotatable bonds is 0. The van der Waals surface area contributed by atoms with Crippen molar-refractivity contribution >= 4 is 5.78 Å². The van der Waals surface area contributed by atoms with Crippen molar-refractivity contribution in [2.75, 3.05) is 0 Å². The summed E-state index contributed by atoms with van der Waals surface area (Å²) in [7, 11) is 0. The van der Waals surface area contributed by atoms with E-state index in [9.17, 15) is 9.90 Å². The number of carbonyl (C=O) groups is 1. The van der Waals surface area contributed by atoms with E-state index < -0.39 is 5.60 Å². The van der Waals surface area contributed by atoms with Gasteiger partial charge in [0, 0.05) is 0 Å². The molecular formula is C10H14O2. The number of aliphatic hydroxyl groups is 1. The van der Waals surface area contributed by atoms with Crippen LogP contribution in [0.15, 0.2) is 12.2 Å². The van der Waals surface area contributed by atoms with Crippen LogP contribution in [0.4, 0.5) is 0 Å². The molecule has 0 aliphatic heterocycles. The first-order valence-corrected chi connectivity index (χ1v) is 4.68. The monoisotopic (exact) mass is 166 g/mol. The molecule has 0 unspecified atom stereocenters. The van der Waals surface area contributed by atoms with E-state index in [0.29, 0.717) is 0 Å².